The molecule has 0 aromatic heterocycles. The summed E-state index contributed by atoms with van der Waals surface area (Å²) in [5.41, 5.74) is 8.81. The highest BCUT2D eigenvalue weighted by molar-refractivity contribution is 6.30. The van der Waals surface area contributed by atoms with Gasteiger partial charge in [0.1, 0.15) is 5.82 Å². The molecule has 1 unspecified atom stereocenters. The van der Waals surface area contributed by atoms with E-state index in [4.69, 9.17) is 17.3 Å². The summed E-state index contributed by atoms with van der Waals surface area (Å²) >= 11 is 5.98. The van der Waals surface area contributed by atoms with Crippen molar-refractivity contribution in [2.75, 3.05) is 5.32 Å². The van der Waals surface area contributed by atoms with Crippen LogP contribution in [0, 0.1) is 11.3 Å². The lowest BCUT2D eigenvalue weighted by Crippen LogP contribution is -2.34. The fraction of sp³-hybridized carbons (Fsp3) is 0.100. The lowest BCUT2D eigenvalue weighted by molar-refractivity contribution is -0.113. The average molecular weight is 365 g/mol. The zero-order valence-electron chi connectivity index (χ0n) is 14.1. The van der Waals surface area contributed by atoms with E-state index < -0.39 is 5.92 Å². The Balaban J connectivity index is 2.05. The Labute approximate surface area is 156 Å². The largest absolute Gasteiger partial charge is 0.384 e. The number of nitriles is 1. The standard InChI is InChI=1S/C20H17ClN4O/c1-12-17(20(26)25-15-5-3-2-4-6-15)18(16(11-22)19(23)24-12)13-7-9-14(21)10-8-13/h2-10,18,24H,23H2,1H3,(H,25,26). The molecular weight excluding hydrogens is 348 g/mol. The van der Waals surface area contributed by atoms with Crippen LogP contribution in [0.15, 0.2) is 77.3 Å². The number of benzene rings is 2. The third kappa shape index (κ3) is 3.41. The van der Waals surface area contributed by atoms with Crippen molar-refractivity contribution in [3.8, 4) is 6.07 Å². The molecule has 3 rings (SSSR count). The van der Waals surface area contributed by atoms with Gasteiger partial charge in [0.25, 0.3) is 5.91 Å². The predicted octanol–water partition coefficient (Wildman–Crippen LogP) is 3.63. The molecule has 2 aromatic carbocycles. The van der Waals surface area contributed by atoms with E-state index in [1.165, 1.54) is 0 Å². The first-order valence-electron chi connectivity index (χ1n) is 8.00. The molecule has 4 N–H and O–H groups in total. The summed E-state index contributed by atoms with van der Waals surface area (Å²) in [6.45, 7) is 1.77. The van der Waals surface area contributed by atoms with Crippen molar-refractivity contribution in [3.63, 3.8) is 0 Å². The molecule has 0 saturated heterocycles. The smallest absolute Gasteiger partial charge is 0.254 e. The van der Waals surface area contributed by atoms with Crippen molar-refractivity contribution in [2.24, 2.45) is 5.73 Å². The number of nitrogens with zero attached hydrogens (tertiary/aromatic N) is 1. The van der Waals surface area contributed by atoms with E-state index in [1.54, 1.807) is 43.3 Å². The predicted molar refractivity (Wildman–Crippen MR) is 102 cm³/mol. The quantitative estimate of drug-likeness (QED) is 0.775. The summed E-state index contributed by atoms with van der Waals surface area (Å²) in [5.74, 6) is -0.607. The molecule has 0 bridgehead atoms. The number of rotatable bonds is 3. The number of amides is 1. The van der Waals surface area contributed by atoms with Gasteiger partial charge < -0.3 is 16.4 Å². The normalized spacial score (nSPS) is 16.7. The highest BCUT2D eigenvalue weighted by atomic mass is 35.5. The van der Waals surface area contributed by atoms with E-state index in [9.17, 15) is 10.1 Å². The lowest BCUT2D eigenvalue weighted by Gasteiger charge is -2.28. The number of carbonyl (C=O) groups excluding carboxylic acids is 1. The van der Waals surface area contributed by atoms with Crippen LogP contribution in [0.1, 0.15) is 18.4 Å². The second kappa shape index (κ2) is 7.34. The molecule has 0 spiro atoms. The fourth-order valence-electron chi connectivity index (χ4n) is 2.99. The number of halogens is 1. The summed E-state index contributed by atoms with van der Waals surface area (Å²) < 4.78 is 0. The third-order valence-electron chi connectivity index (χ3n) is 4.19. The summed E-state index contributed by atoms with van der Waals surface area (Å²) in [7, 11) is 0. The van der Waals surface area contributed by atoms with Crippen LogP contribution in [-0.2, 0) is 4.79 Å². The Morgan fingerprint density at radius 3 is 2.46 bits per heavy atom. The van der Waals surface area contributed by atoms with E-state index >= 15 is 0 Å². The number of nitrogens with one attached hydrogen (secondary N) is 2. The van der Waals surface area contributed by atoms with Crippen molar-refractivity contribution >= 4 is 23.2 Å². The molecule has 1 atom stereocenters. The van der Waals surface area contributed by atoms with E-state index in [1.807, 2.05) is 18.2 Å². The number of para-hydroxylation sites is 1. The summed E-state index contributed by atoms with van der Waals surface area (Å²) in [6, 6.07) is 18.3. The van der Waals surface area contributed by atoms with Gasteiger partial charge in [0.2, 0.25) is 0 Å². The van der Waals surface area contributed by atoms with Gasteiger partial charge in [-0.25, -0.2) is 0 Å². The summed E-state index contributed by atoms with van der Waals surface area (Å²) in [5, 5.41) is 16.0. The maximum Gasteiger partial charge on any atom is 0.254 e. The minimum absolute atomic E-state index is 0.251. The van der Waals surface area contributed by atoms with Gasteiger partial charge in [-0.05, 0) is 36.8 Å². The molecule has 0 fully saturated rings. The van der Waals surface area contributed by atoms with Crippen LogP contribution in [0.4, 0.5) is 5.69 Å². The van der Waals surface area contributed by atoms with Crippen molar-refractivity contribution in [1.82, 2.24) is 5.32 Å². The zero-order valence-corrected chi connectivity index (χ0v) is 14.8. The molecule has 0 radical (unpaired) electrons. The first-order valence-corrected chi connectivity index (χ1v) is 8.38. The number of allylic oxidation sites excluding steroid dienone is 2. The Hall–Kier alpha value is -3.23. The summed E-state index contributed by atoms with van der Waals surface area (Å²) in [4.78, 5) is 13.0. The Morgan fingerprint density at radius 1 is 1.19 bits per heavy atom. The van der Waals surface area contributed by atoms with Crippen LogP contribution in [0.3, 0.4) is 0 Å². The minimum atomic E-state index is -0.567. The van der Waals surface area contributed by atoms with Crippen LogP contribution in [-0.4, -0.2) is 5.91 Å². The second-order valence-electron chi connectivity index (χ2n) is 5.91. The molecule has 0 aliphatic carbocycles. The Morgan fingerprint density at radius 2 is 1.85 bits per heavy atom. The molecule has 26 heavy (non-hydrogen) atoms. The van der Waals surface area contributed by atoms with Gasteiger partial charge in [0, 0.05) is 22.0 Å². The van der Waals surface area contributed by atoms with Crippen molar-refractivity contribution in [1.29, 1.82) is 5.26 Å². The monoisotopic (exact) mass is 364 g/mol. The van der Waals surface area contributed by atoms with Gasteiger partial charge >= 0.3 is 0 Å². The van der Waals surface area contributed by atoms with Crippen LogP contribution in [0.2, 0.25) is 5.02 Å². The molecule has 1 heterocycles. The Bertz CT molecular complexity index is 940. The van der Waals surface area contributed by atoms with E-state index in [0.717, 1.165) is 5.56 Å². The highest BCUT2D eigenvalue weighted by Crippen LogP contribution is 2.37. The van der Waals surface area contributed by atoms with Gasteiger partial charge in [-0.2, -0.15) is 5.26 Å². The van der Waals surface area contributed by atoms with Gasteiger partial charge in [-0.15, -0.1) is 0 Å². The van der Waals surface area contributed by atoms with Crippen LogP contribution in [0.5, 0.6) is 0 Å². The molecule has 1 aliphatic rings. The number of carbonyl (C=O) groups is 1. The first-order chi connectivity index (χ1) is 12.5. The molecule has 1 amide bonds. The van der Waals surface area contributed by atoms with E-state index in [2.05, 4.69) is 16.7 Å². The van der Waals surface area contributed by atoms with Gasteiger partial charge in [0.15, 0.2) is 0 Å². The number of dihydropyridines is 1. The topological polar surface area (TPSA) is 90.9 Å². The third-order valence-corrected chi connectivity index (χ3v) is 4.45. The van der Waals surface area contributed by atoms with Crippen LogP contribution < -0.4 is 16.4 Å². The maximum absolute atomic E-state index is 13.0. The minimum Gasteiger partial charge on any atom is -0.384 e. The maximum atomic E-state index is 13.0. The number of hydrogen-bond acceptors (Lipinski definition) is 4. The lowest BCUT2D eigenvalue weighted by atomic mass is 9.81. The van der Waals surface area contributed by atoms with Crippen molar-refractivity contribution < 1.29 is 4.79 Å². The van der Waals surface area contributed by atoms with Crippen LogP contribution >= 0.6 is 11.6 Å². The molecule has 130 valence electrons. The first kappa shape index (κ1) is 17.6. The molecule has 6 heteroatoms. The van der Waals surface area contributed by atoms with E-state index in [0.29, 0.717) is 27.6 Å². The fourth-order valence-corrected chi connectivity index (χ4v) is 3.11. The number of nitrogens with two attached hydrogens (primary N) is 1. The molecule has 0 saturated carbocycles. The average Bonchev–Trinajstić information content (AvgIpc) is 2.62. The second-order valence-corrected chi connectivity index (χ2v) is 6.34. The van der Waals surface area contributed by atoms with Gasteiger partial charge in [0.05, 0.1) is 17.6 Å². The van der Waals surface area contributed by atoms with Gasteiger partial charge in [-0.3, -0.25) is 4.79 Å². The van der Waals surface area contributed by atoms with Gasteiger partial charge in [-0.1, -0.05) is 41.9 Å². The van der Waals surface area contributed by atoms with E-state index in [-0.39, 0.29) is 11.7 Å². The molecule has 2 aromatic rings. The highest BCUT2D eigenvalue weighted by Gasteiger charge is 2.33. The molecule has 1 aliphatic heterocycles. The molecule has 5 nitrogen and oxygen atoms in total. The van der Waals surface area contributed by atoms with Crippen molar-refractivity contribution in [3.05, 3.63) is 87.8 Å². The number of hydrogen-bond donors (Lipinski definition) is 3. The number of anilines is 1. The van der Waals surface area contributed by atoms with Crippen LogP contribution in [0.25, 0.3) is 0 Å². The van der Waals surface area contributed by atoms with Crippen molar-refractivity contribution in [2.45, 2.75) is 12.8 Å². The summed E-state index contributed by atoms with van der Waals surface area (Å²) in [6.07, 6.45) is 0. The Kier molecular flexibility index (Phi) is 4.97. The molecular formula is C20H17ClN4O. The SMILES string of the molecule is CC1=C(C(=O)Nc2ccccc2)C(c2ccc(Cl)cc2)C(C#N)=C(N)N1. The zero-order chi connectivity index (χ0) is 18.7.